The number of hydrogen-bond donors (Lipinski definition) is 1. The predicted molar refractivity (Wildman–Crippen MR) is 119 cm³/mol. The van der Waals surface area contributed by atoms with Crippen LogP contribution in [-0.4, -0.2) is 34.6 Å². The van der Waals surface area contributed by atoms with E-state index in [4.69, 9.17) is 0 Å². The molecule has 0 atom stereocenters. The highest BCUT2D eigenvalue weighted by Gasteiger charge is 2.17. The van der Waals surface area contributed by atoms with Crippen LogP contribution in [0.5, 0.6) is 0 Å². The standard InChI is InChI=1S/C23H17FN4O2S/c1-31(29,30)13-14-4-6-15(7-5-14)21-18(24)11-27-23-22(21)17-9-19(26-12-20(17)28-23)16-3-2-8-25-10-16/h2-12H,13H2,1H3,(H,27,28). The van der Waals surface area contributed by atoms with E-state index < -0.39 is 15.7 Å². The van der Waals surface area contributed by atoms with Crippen LogP contribution in [0.1, 0.15) is 5.56 Å². The van der Waals surface area contributed by atoms with E-state index in [1.807, 2.05) is 18.2 Å². The van der Waals surface area contributed by atoms with Crippen LogP contribution < -0.4 is 0 Å². The number of hydrogen-bond acceptors (Lipinski definition) is 5. The molecule has 0 aliphatic heterocycles. The third-order valence-electron chi connectivity index (χ3n) is 5.09. The van der Waals surface area contributed by atoms with E-state index in [-0.39, 0.29) is 5.75 Å². The average Bonchev–Trinajstić information content (AvgIpc) is 3.12. The van der Waals surface area contributed by atoms with E-state index in [0.29, 0.717) is 27.7 Å². The zero-order chi connectivity index (χ0) is 21.6. The number of rotatable bonds is 4. The molecular weight excluding hydrogens is 415 g/mol. The number of H-pyrrole nitrogens is 1. The second-order valence-electron chi connectivity index (χ2n) is 7.45. The largest absolute Gasteiger partial charge is 0.338 e. The number of halogens is 1. The molecule has 8 heteroatoms. The van der Waals surface area contributed by atoms with E-state index in [1.54, 1.807) is 42.9 Å². The highest BCUT2D eigenvalue weighted by atomic mass is 32.2. The Balaban J connectivity index is 1.71. The van der Waals surface area contributed by atoms with Crippen LogP contribution in [0.15, 0.2) is 67.3 Å². The summed E-state index contributed by atoms with van der Waals surface area (Å²) in [6, 6.07) is 12.5. The molecule has 4 aromatic heterocycles. The van der Waals surface area contributed by atoms with Gasteiger partial charge in [0.05, 0.1) is 29.4 Å². The minimum absolute atomic E-state index is 0.0608. The van der Waals surface area contributed by atoms with Gasteiger partial charge in [-0.15, -0.1) is 0 Å². The molecule has 0 unspecified atom stereocenters. The van der Waals surface area contributed by atoms with E-state index in [2.05, 4.69) is 19.9 Å². The molecule has 6 nitrogen and oxygen atoms in total. The van der Waals surface area contributed by atoms with Crippen LogP contribution in [0.25, 0.3) is 44.3 Å². The summed E-state index contributed by atoms with van der Waals surface area (Å²) in [6.45, 7) is 0. The van der Waals surface area contributed by atoms with Gasteiger partial charge in [-0.2, -0.15) is 0 Å². The van der Waals surface area contributed by atoms with E-state index in [0.717, 1.165) is 22.2 Å². The molecule has 1 N–H and O–H groups in total. The molecule has 4 heterocycles. The fraction of sp³-hybridized carbons (Fsp3) is 0.0870. The van der Waals surface area contributed by atoms with Gasteiger partial charge in [-0.25, -0.2) is 17.8 Å². The van der Waals surface area contributed by atoms with Crippen molar-refractivity contribution < 1.29 is 12.8 Å². The first kappa shape index (κ1) is 19.3. The van der Waals surface area contributed by atoms with Crippen molar-refractivity contribution >= 4 is 31.8 Å². The van der Waals surface area contributed by atoms with Crippen molar-refractivity contribution in [3.8, 4) is 22.4 Å². The zero-order valence-corrected chi connectivity index (χ0v) is 17.3. The maximum absolute atomic E-state index is 15.0. The van der Waals surface area contributed by atoms with Crippen LogP contribution in [0.3, 0.4) is 0 Å². The lowest BCUT2D eigenvalue weighted by molar-refractivity contribution is 0.601. The molecule has 0 spiro atoms. The molecule has 0 aliphatic carbocycles. The highest BCUT2D eigenvalue weighted by Crippen LogP contribution is 2.36. The molecule has 0 saturated carbocycles. The van der Waals surface area contributed by atoms with Gasteiger partial charge < -0.3 is 4.98 Å². The van der Waals surface area contributed by atoms with E-state index in [1.165, 1.54) is 12.5 Å². The quantitative estimate of drug-likeness (QED) is 0.451. The van der Waals surface area contributed by atoms with Crippen molar-refractivity contribution in [2.75, 3.05) is 6.26 Å². The van der Waals surface area contributed by atoms with Gasteiger partial charge >= 0.3 is 0 Å². The van der Waals surface area contributed by atoms with E-state index >= 15 is 4.39 Å². The molecule has 0 bridgehead atoms. The average molecular weight is 432 g/mol. The summed E-state index contributed by atoms with van der Waals surface area (Å²) in [5, 5.41) is 1.45. The first-order valence-electron chi connectivity index (χ1n) is 9.52. The number of aromatic nitrogens is 4. The van der Waals surface area contributed by atoms with Gasteiger partial charge in [-0.3, -0.25) is 9.97 Å². The fourth-order valence-corrected chi connectivity index (χ4v) is 4.56. The van der Waals surface area contributed by atoms with Crippen molar-refractivity contribution in [1.82, 2.24) is 19.9 Å². The van der Waals surface area contributed by atoms with E-state index in [9.17, 15) is 8.42 Å². The van der Waals surface area contributed by atoms with Gasteiger partial charge in [0.15, 0.2) is 9.84 Å². The Morgan fingerprint density at radius 3 is 2.52 bits per heavy atom. The Kier molecular flexibility index (Phi) is 4.51. The van der Waals surface area contributed by atoms with Crippen molar-refractivity contribution in [3.63, 3.8) is 0 Å². The Morgan fingerprint density at radius 1 is 1.00 bits per heavy atom. The molecule has 0 fully saturated rings. The zero-order valence-electron chi connectivity index (χ0n) is 16.5. The molecule has 0 saturated heterocycles. The Bertz CT molecular complexity index is 1530. The lowest BCUT2D eigenvalue weighted by Crippen LogP contribution is -2.00. The SMILES string of the molecule is CS(=O)(=O)Cc1ccc(-c2c(F)cnc3[nH]c4cnc(-c5cccnc5)cc4c23)cc1. The van der Waals surface area contributed by atoms with Gasteiger partial charge in [0.2, 0.25) is 0 Å². The summed E-state index contributed by atoms with van der Waals surface area (Å²) < 4.78 is 38.1. The fourth-order valence-electron chi connectivity index (χ4n) is 3.76. The van der Waals surface area contributed by atoms with Gasteiger partial charge in [-0.1, -0.05) is 24.3 Å². The number of nitrogens with zero attached hydrogens (tertiary/aromatic N) is 3. The highest BCUT2D eigenvalue weighted by molar-refractivity contribution is 7.89. The number of fused-ring (bicyclic) bond motifs is 3. The summed E-state index contributed by atoms with van der Waals surface area (Å²) in [7, 11) is -3.15. The predicted octanol–water partition coefficient (Wildman–Crippen LogP) is 4.52. The molecule has 0 amide bonds. The van der Waals surface area contributed by atoms with Gasteiger partial charge in [-0.05, 0) is 29.3 Å². The van der Waals surface area contributed by atoms with Crippen LogP contribution in [0, 0.1) is 5.82 Å². The molecular formula is C23H17FN4O2S. The summed E-state index contributed by atoms with van der Waals surface area (Å²) in [6.07, 6.45) is 7.50. The van der Waals surface area contributed by atoms with Crippen LogP contribution >= 0.6 is 0 Å². The summed E-state index contributed by atoms with van der Waals surface area (Å²) in [4.78, 5) is 16.1. The number of pyridine rings is 3. The van der Waals surface area contributed by atoms with Gasteiger partial charge in [0.1, 0.15) is 11.5 Å². The first-order valence-corrected chi connectivity index (χ1v) is 11.6. The maximum atomic E-state index is 15.0. The maximum Gasteiger partial charge on any atom is 0.151 e. The van der Waals surface area contributed by atoms with Crippen LogP contribution in [-0.2, 0) is 15.6 Å². The van der Waals surface area contributed by atoms with Crippen LogP contribution in [0.4, 0.5) is 4.39 Å². The molecule has 0 radical (unpaired) electrons. The van der Waals surface area contributed by atoms with Crippen molar-refractivity contribution in [2.45, 2.75) is 5.75 Å². The number of sulfone groups is 1. The minimum Gasteiger partial charge on any atom is -0.338 e. The number of aromatic amines is 1. The molecule has 5 rings (SSSR count). The number of benzene rings is 1. The molecule has 5 aromatic rings. The summed E-state index contributed by atoms with van der Waals surface area (Å²) in [5.74, 6) is -0.515. The number of nitrogens with one attached hydrogen (secondary N) is 1. The normalized spacial score (nSPS) is 11.9. The molecule has 1 aromatic carbocycles. The molecule has 31 heavy (non-hydrogen) atoms. The summed E-state index contributed by atoms with van der Waals surface area (Å²) >= 11 is 0. The Labute approximate surface area is 177 Å². The minimum atomic E-state index is -3.15. The third-order valence-corrected chi connectivity index (χ3v) is 5.95. The lowest BCUT2D eigenvalue weighted by Gasteiger charge is -2.08. The Hall–Kier alpha value is -3.65. The van der Waals surface area contributed by atoms with Crippen molar-refractivity contribution in [1.29, 1.82) is 0 Å². The van der Waals surface area contributed by atoms with Gasteiger partial charge in [0, 0.05) is 40.5 Å². The van der Waals surface area contributed by atoms with Gasteiger partial charge in [0.25, 0.3) is 0 Å². The second-order valence-corrected chi connectivity index (χ2v) is 9.59. The second kappa shape index (κ2) is 7.24. The van der Waals surface area contributed by atoms with Crippen molar-refractivity contribution in [3.05, 3.63) is 78.6 Å². The monoisotopic (exact) mass is 432 g/mol. The molecule has 154 valence electrons. The first-order chi connectivity index (χ1) is 14.9. The van der Waals surface area contributed by atoms with Crippen molar-refractivity contribution in [2.24, 2.45) is 0 Å². The molecule has 0 aliphatic rings. The smallest absolute Gasteiger partial charge is 0.151 e. The Morgan fingerprint density at radius 2 is 1.81 bits per heavy atom. The topological polar surface area (TPSA) is 88.6 Å². The van der Waals surface area contributed by atoms with Crippen LogP contribution in [0.2, 0.25) is 0 Å². The third kappa shape index (κ3) is 3.66. The summed E-state index contributed by atoms with van der Waals surface area (Å²) in [5.41, 5.74) is 4.58. The lowest BCUT2D eigenvalue weighted by atomic mass is 9.99.